The van der Waals surface area contributed by atoms with Crippen molar-refractivity contribution in [1.29, 1.82) is 0 Å². The van der Waals surface area contributed by atoms with Gasteiger partial charge in [0, 0.05) is 36.4 Å². The fourth-order valence-corrected chi connectivity index (χ4v) is 2.56. The molecule has 4 heteroatoms. The molecule has 1 aromatic carbocycles. The van der Waals surface area contributed by atoms with Crippen LogP contribution in [0.2, 0.25) is 0 Å². The van der Waals surface area contributed by atoms with E-state index in [4.69, 9.17) is 16.3 Å². The largest absolute Gasteiger partial charge is 0.496 e. The monoisotopic (exact) mass is 292 g/mol. The third-order valence-electron chi connectivity index (χ3n) is 3.45. The first kappa shape index (κ1) is 14.9. The van der Waals surface area contributed by atoms with Crippen LogP contribution in [0.1, 0.15) is 19.3 Å². The molecular formula is C16H21ClN2O. The number of alkyl halides is 1. The molecule has 0 unspecified atom stereocenters. The topological polar surface area (TPSA) is 25.4 Å². The summed E-state index contributed by atoms with van der Waals surface area (Å²) in [7, 11) is 3.78. The van der Waals surface area contributed by atoms with Gasteiger partial charge in [-0.15, -0.1) is 11.6 Å². The molecule has 1 heterocycles. The molecule has 0 aliphatic carbocycles. The summed E-state index contributed by atoms with van der Waals surface area (Å²) in [6, 6.07) is 8.08. The average Bonchev–Trinajstić information content (AvgIpc) is 2.50. The SMILES string of the molecule is COc1cccc2c(N(C)CCCCCCl)nccc12. The van der Waals surface area contributed by atoms with Gasteiger partial charge in [0.2, 0.25) is 0 Å². The Hall–Kier alpha value is -1.48. The van der Waals surface area contributed by atoms with E-state index in [0.717, 1.165) is 54.0 Å². The van der Waals surface area contributed by atoms with Crippen molar-refractivity contribution in [3.63, 3.8) is 0 Å². The van der Waals surface area contributed by atoms with E-state index in [1.807, 2.05) is 24.4 Å². The van der Waals surface area contributed by atoms with E-state index in [1.165, 1.54) is 0 Å². The molecule has 0 aliphatic rings. The molecule has 20 heavy (non-hydrogen) atoms. The zero-order chi connectivity index (χ0) is 14.4. The number of unbranched alkanes of at least 4 members (excludes halogenated alkanes) is 2. The highest BCUT2D eigenvalue weighted by Gasteiger charge is 2.09. The molecule has 108 valence electrons. The number of rotatable bonds is 7. The number of pyridine rings is 1. The molecule has 0 spiro atoms. The Kier molecular flexibility index (Phi) is 5.48. The number of anilines is 1. The summed E-state index contributed by atoms with van der Waals surface area (Å²) in [6.07, 6.45) is 5.20. The number of benzene rings is 1. The van der Waals surface area contributed by atoms with Gasteiger partial charge in [0.15, 0.2) is 0 Å². The molecule has 0 radical (unpaired) electrons. The summed E-state index contributed by atoms with van der Waals surface area (Å²) in [6.45, 7) is 0.986. The van der Waals surface area contributed by atoms with E-state index in [9.17, 15) is 0 Å². The van der Waals surface area contributed by atoms with Crippen molar-refractivity contribution < 1.29 is 4.74 Å². The smallest absolute Gasteiger partial charge is 0.136 e. The van der Waals surface area contributed by atoms with E-state index in [-0.39, 0.29) is 0 Å². The van der Waals surface area contributed by atoms with E-state index < -0.39 is 0 Å². The summed E-state index contributed by atoms with van der Waals surface area (Å²) in [5.74, 6) is 2.64. The molecule has 0 bridgehead atoms. The fourth-order valence-electron chi connectivity index (χ4n) is 2.37. The second-order valence-corrected chi connectivity index (χ2v) is 5.24. The molecule has 0 saturated heterocycles. The summed E-state index contributed by atoms with van der Waals surface area (Å²) < 4.78 is 5.41. The van der Waals surface area contributed by atoms with Gasteiger partial charge in [-0.1, -0.05) is 18.6 Å². The Morgan fingerprint density at radius 3 is 2.75 bits per heavy atom. The number of ether oxygens (including phenoxy) is 1. The summed E-state index contributed by atoms with van der Waals surface area (Å²) in [5.41, 5.74) is 0. The van der Waals surface area contributed by atoms with Crippen molar-refractivity contribution in [1.82, 2.24) is 4.98 Å². The highest BCUT2D eigenvalue weighted by Crippen LogP contribution is 2.30. The Bertz CT molecular complexity index is 559. The first-order valence-corrected chi connectivity index (χ1v) is 7.50. The van der Waals surface area contributed by atoms with Gasteiger partial charge in [-0.25, -0.2) is 4.98 Å². The van der Waals surface area contributed by atoms with E-state index in [1.54, 1.807) is 7.11 Å². The summed E-state index contributed by atoms with van der Waals surface area (Å²) >= 11 is 5.71. The number of halogens is 1. The van der Waals surface area contributed by atoms with Crippen molar-refractivity contribution in [2.75, 3.05) is 31.5 Å². The molecule has 0 amide bonds. The molecule has 1 aromatic heterocycles. The quantitative estimate of drug-likeness (QED) is 0.568. The molecule has 0 fully saturated rings. The molecule has 2 aromatic rings. The molecule has 0 N–H and O–H groups in total. The minimum atomic E-state index is 0.743. The van der Waals surface area contributed by atoms with Gasteiger partial charge in [-0.2, -0.15) is 0 Å². The third-order valence-corrected chi connectivity index (χ3v) is 3.72. The molecule has 0 atom stereocenters. The summed E-state index contributed by atoms with van der Waals surface area (Å²) in [4.78, 5) is 6.73. The summed E-state index contributed by atoms with van der Waals surface area (Å²) in [5, 5.41) is 2.24. The first-order chi connectivity index (χ1) is 9.77. The van der Waals surface area contributed by atoms with Crippen LogP contribution in [0.25, 0.3) is 10.8 Å². The van der Waals surface area contributed by atoms with Gasteiger partial charge in [0.05, 0.1) is 7.11 Å². The maximum absolute atomic E-state index is 5.71. The van der Waals surface area contributed by atoms with Crippen LogP contribution in [-0.4, -0.2) is 31.6 Å². The van der Waals surface area contributed by atoms with Crippen molar-refractivity contribution in [3.8, 4) is 5.75 Å². The van der Waals surface area contributed by atoms with Crippen LogP contribution < -0.4 is 9.64 Å². The predicted octanol–water partition coefficient (Wildman–Crippen LogP) is 4.09. The van der Waals surface area contributed by atoms with Crippen molar-refractivity contribution in [2.24, 2.45) is 0 Å². The van der Waals surface area contributed by atoms with Crippen LogP contribution in [0.4, 0.5) is 5.82 Å². The Morgan fingerprint density at radius 1 is 1.15 bits per heavy atom. The van der Waals surface area contributed by atoms with Gasteiger partial charge in [0.1, 0.15) is 11.6 Å². The zero-order valence-electron chi connectivity index (χ0n) is 12.1. The fraction of sp³-hybridized carbons (Fsp3) is 0.438. The van der Waals surface area contributed by atoms with Crippen LogP contribution in [0, 0.1) is 0 Å². The average molecular weight is 293 g/mol. The highest BCUT2D eigenvalue weighted by atomic mass is 35.5. The number of methoxy groups -OCH3 is 1. The predicted molar refractivity (Wildman–Crippen MR) is 86.1 cm³/mol. The van der Waals surface area contributed by atoms with Crippen molar-refractivity contribution >= 4 is 28.2 Å². The Balaban J connectivity index is 2.21. The maximum atomic E-state index is 5.71. The van der Waals surface area contributed by atoms with Crippen LogP contribution in [0.5, 0.6) is 5.75 Å². The number of hydrogen-bond acceptors (Lipinski definition) is 3. The van der Waals surface area contributed by atoms with Crippen LogP contribution in [0.15, 0.2) is 30.5 Å². The van der Waals surface area contributed by atoms with Crippen LogP contribution >= 0.6 is 11.6 Å². The second kappa shape index (κ2) is 7.34. The van der Waals surface area contributed by atoms with E-state index >= 15 is 0 Å². The molecular weight excluding hydrogens is 272 g/mol. The van der Waals surface area contributed by atoms with E-state index in [0.29, 0.717) is 0 Å². The molecule has 0 saturated carbocycles. The number of fused-ring (bicyclic) bond motifs is 1. The third kappa shape index (κ3) is 3.34. The first-order valence-electron chi connectivity index (χ1n) is 6.96. The second-order valence-electron chi connectivity index (χ2n) is 4.86. The molecule has 0 aliphatic heterocycles. The van der Waals surface area contributed by atoms with Crippen LogP contribution in [-0.2, 0) is 0 Å². The lowest BCUT2D eigenvalue weighted by Crippen LogP contribution is -2.20. The van der Waals surface area contributed by atoms with Crippen molar-refractivity contribution in [3.05, 3.63) is 30.5 Å². The lowest BCUT2D eigenvalue weighted by atomic mass is 10.1. The maximum Gasteiger partial charge on any atom is 0.136 e. The van der Waals surface area contributed by atoms with Gasteiger partial charge >= 0.3 is 0 Å². The molecule has 3 nitrogen and oxygen atoms in total. The van der Waals surface area contributed by atoms with Crippen LogP contribution in [0.3, 0.4) is 0 Å². The lowest BCUT2D eigenvalue weighted by molar-refractivity contribution is 0.420. The Labute approximate surface area is 125 Å². The number of aromatic nitrogens is 1. The number of nitrogens with zero attached hydrogens (tertiary/aromatic N) is 2. The van der Waals surface area contributed by atoms with Gasteiger partial charge in [-0.3, -0.25) is 0 Å². The lowest BCUT2D eigenvalue weighted by Gasteiger charge is -2.20. The minimum absolute atomic E-state index is 0.743. The van der Waals surface area contributed by atoms with Crippen molar-refractivity contribution in [2.45, 2.75) is 19.3 Å². The Morgan fingerprint density at radius 2 is 2.00 bits per heavy atom. The highest BCUT2D eigenvalue weighted by molar-refractivity contribution is 6.17. The van der Waals surface area contributed by atoms with Gasteiger partial charge in [-0.05, 0) is 25.0 Å². The van der Waals surface area contributed by atoms with E-state index in [2.05, 4.69) is 23.0 Å². The zero-order valence-corrected chi connectivity index (χ0v) is 12.9. The van der Waals surface area contributed by atoms with Gasteiger partial charge < -0.3 is 9.64 Å². The normalized spacial score (nSPS) is 10.8. The number of hydrogen-bond donors (Lipinski definition) is 0. The minimum Gasteiger partial charge on any atom is -0.496 e. The molecule has 2 rings (SSSR count). The standard InChI is InChI=1S/C16H21ClN2O/c1-19(12-5-3-4-10-17)16-14-7-6-8-15(20-2)13(14)9-11-18-16/h6-9,11H,3-5,10,12H2,1-2H3. The van der Waals surface area contributed by atoms with Gasteiger partial charge in [0.25, 0.3) is 0 Å².